The van der Waals surface area contributed by atoms with E-state index >= 15 is 0 Å². The van der Waals surface area contributed by atoms with E-state index in [1.54, 1.807) is 11.2 Å². The number of nitrogens with one attached hydrogen (secondary N) is 1. The smallest absolute Gasteiger partial charge is 0.256 e. The fourth-order valence-corrected chi connectivity index (χ4v) is 4.29. The van der Waals surface area contributed by atoms with Gasteiger partial charge in [-0.05, 0) is 38.1 Å². The molecule has 1 fully saturated rings. The third-order valence-corrected chi connectivity index (χ3v) is 5.86. The van der Waals surface area contributed by atoms with Gasteiger partial charge in [0, 0.05) is 36.8 Å². The highest BCUT2D eigenvalue weighted by Crippen LogP contribution is 2.41. The van der Waals surface area contributed by atoms with Crippen molar-refractivity contribution in [2.45, 2.75) is 24.8 Å². The van der Waals surface area contributed by atoms with E-state index in [2.05, 4.69) is 21.9 Å². The molecule has 0 aliphatic carbocycles. The molecule has 0 radical (unpaired) electrons. The fraction of sp³-hybridized carbons (Fsp3) is 0.444. The summed E-state index contributed by atoms with van der Waals surface area (Å²) in [5.74, 6) is -0.824. The molecular weight excluding hydrogens is 343 g/mol. The number of benzene rings is 1. The molecule has 0 bridgehead atoms. The Morgan fingerprint density at radius 2 is 2.08 bits per heavy atom. The fourth-order valence-electron chi connectivity index (χ4n) is 4.12. The number of fused-ring (bicyclic) bond motifs is 2. The second kappa shape index (κ2) is 6.11. The quantitative estimate of drug-likeness (QED) is 0.848. The van der Waals surface area contributed by atoms with E-state index in [4.69, 9.17) is 11.6 Å². The van der Waals surface area contributed by atoms with Gasteiger partial charge < -0.3 is 9.88 Å². The Hall–Kier alpha value is -1.92. The van der Waals surface area contributed by atoms with Crippen LogP contribution in [-0.2, 0) is 12.0 Å². The van der Waals surface area contributed by atoms with Gasteiger partial charge in [-0.15, -0.1) is 0 Å². The molecule has 5 nitrogen and oxygen atoms in total. The first-order chi connectivity index (χ1) is 12.0. The third kappa shape index (κ3) is 2.64. The van der Waals surface area contributed by atoms with Crippen molar-refractivity contribution in [3.8, 4) is 0 Å². The Morgan fingerprint density at radius 1 is 1.32 bits per heavy atom. The number of hydrogen-bond acceptors (Lipinski definition) is 3. The van der Waals surface area contributed by atoms with E-state index in [9.17, 15) is 9.18 Å². The molecule has 25 heavy (non-hydrogen) atoms. The lowest BCUT2D eigenvalue weighted by Crippen LogP contribution is -2.55. The normalized spacial score (nSPS) is 19.9. The van der Waals surface area contributed by atoms with Crippen LogP contribution in [0, 0.1) is 5.82 Å². The molecule has 1 saturated heterocycles. The minimum atomic E-state index is -0.529. The zero-order valence-corrected chi connectivity index (χ0v) is 14.8. The Morgan fingerprint density at radius 3 is 2.84 bits per heavy atom. The standard InChI is InChI=1S/C18H20ClFN4O/c1-23-7-4-15-16(22-11-21-15)18(23)5-8-24(9-6-18)17(25)13-10-12(19)2-3-14(13)20/h2-3,10-11H,4-9H2,1H3,(H,21,22). The highest BCUT2D eigenvalue weighted by molar-refractivity contribution is 6.31. The first-order valence-electron chi connectivity index (χ1n) is 8.49. The van der Waals surface area contributed by atoms with Crippen LogP contribution in [0.5, 0.6) is 0 Å². The molecule has 4 rings (SSSR count). The zero-order chi connectivity index (χ0) is 17.6. The predicted molar refractivity (Wildman–Crippen MR) is 93.1 cm³/mol. The molecule has 1 amide bonds. The van der Waals surface area contributed by atoms with Crippen molar-refractivity contribution in [2.75, 3.05) is 26.7 Å². The van der Waals surface area contributed by atoms with Crippen molar-refractivity contribution in [3.63, 3.8) is 0 Å². The first kappa shape index (κ1) is 16.5. The van der Waals surface area contributed by atoms with Crippen molar-refractivity contribution >= 4 is 17.5 Å². The summed E-state index contributed by atoms with van der Waals surface area (Å²) in [6.07, 6.45) is 4.29. The Bertz CT molecular complexity index is 813. The van der Waals surface area contributed by atoms with Gasteiger partial charge in [-0.1, -0.05) is 11.6 Å². The number of amides is 1. The Kier molecular flexibility index (Phi) is 4.04. The van der Waals surface area contributed by atoms with E-state index in [1.807, 2.05) is 0 Å². The van der Waals surface area contributed by atoms with Crippen molar-refractivity contribution in [3.05, 3.63) is 52.3 Å². The molecule has 2 aliphatic rings. The minimum Gasteiger partial charge on any atom is -0.348 e. The summed E-state index contributed by atoms with van der Waals surface area (Å²) >= 11 is 5.92. The molecule has 1 N–H and O–H groups in total. The van der Waals surface area contributed by atoms with Crippen molar-refractivity contribution in [1.29, 1.82) is 0 Å². The van der Waals surface area contributed by atoms with E-state index in [0.717, 1.165) is 31.5 Å². The molecule has 1 aromatic heterocycles. The number of carbonyl (C=O) groups is 1. The summed E-state index contributed by atoms with van der Waals surface area (Å²) < 4.78 is 14.0. The molecule has 132 valence electrons. The van der Waals surface area contributed by atoms with Crippen LogP contribution in [0.25, 0.3) is 0 Å². The number of rotatable bonds is 1. The highest BCUT2D eigenvalue weighted by atomic mass is 35.5. The van der Waals surface area contributed by atoms with Gasteiger partial charge in [-0.2, -0.15) is 0 Å². The number of nitrogens with zero attached hydrogens (tertiary/aromatic N) is 3. The number of H-pyrrole nitrogens is 1. The summed E-state index contributed by atoms with van der Waals surface area (Å²) in [6, 6.07) is 4.10. The number of hydrogen-bond donors (Lipinski definition) is 1. The van der Waals surface area contributed by atoms with Gasteiger partial charge in [0.1, 0.15) is 5.82 Å². The molecule has 1 aromatic carbocycles. The number of aromatic nitrogens is 2. The summed E-state index contributed by atoms with van der Waals surface area (Å²) in [5, 5.41) is 0.367. The number of aromatic amines is 1. The lowest BCUT2D eigenvalue weighted by Gasteiger charge is -2.49. The van der Waals surface area contributed by atoms with Gasteiger partial charge >= 0.3 is 0 Å². The summed E-state index contributed by atoms with van der Waals surface area (Å²) in [6.45, 7) is 2.11. The summed E-state index contributed by atoms with van der Waals surface area (Å²) in [5.41, 5.74) is 2.19. The second-order valence-electron chi connectivity index (χ2n) is 6.85. The van der Waals surface area contributed by atoms with Gasteiger partial charge in [-0.3, -0.25) is 9.69 Å². The van der Waals surface area contributed by atoms with Crippen LogP contribution in [0.15, 0.2) is 24.5 Å². The van der Waals surface area contributed by atoms with Crippen LogP contribution in [-0.4, -0.2) is 52.4 Å². The highest BCUT2D eigenvalue weighted by Gasteiger charge is 2.45. The monoisotopic (exact) mass is 362 g/mol. The topological polar surface area (TPSA) is 52.2 Å². The molecule has 2 aromatic rings. The predicted octanol–water partition coefficient (Wildman–Crippen LogP) is 2.82. The Labute approximate surface area is 150 Å². The number of carbonyl (C=O) groups excluding carboxylic acids is 1. The van der Waals surface area contributed by atoms with Crippen LogP contribution in [0.2, 0.25) is 5.02 Å². The van der Waals surface area contributed by atoms with Crippen LogP contribution in [0.4, 0.5) is 4.39 Å². The molecule has 1 spiro atoms. The number of likely N-dealkylation sites (tertiary alicyclic amines) is 1. The van der Waals surface area contributed by atoms with Gasteiger partial charge in [-0.25, -0.2) is 9.37 Å². The maximum atomic E-state index is 14.0. The lowest BCUT2D eigenvalue weighted by atomic mass is 9.79. The van der Waals surface area contributed by atoms with E-state index < -0.39 is 5.82 Å². The van der Waals surface area contributed by atoms with E-state index in [-0.39, 0.29) is 17.0 Å². The lowest BCUT2D eigenvalue weighted by molar-refractivity contribution is 0.0224. The first-order valence-corrected chi connectivity index (χ1v) is 8.87. The van der Waals surface area contributed by atoms with Crippen LogP contribution >= 0.6 is 11.6 Å². The average molecular weight is 363 g/mol. The van der Waals surface area contributed by atoms with E-state index in [1.165, 1.54) is 23.9 Å². The minimum absolute atomic E-state index is 0.0425. The third-order valence-electron chi connectivity index (χ3n) is 5.62. The summed E-state index contributed by atoms with van der Waals surface area (Å²) in [4.78, 5) is 24.6. The maximum absolute atomic E-state index is 14.0. The largest absolute Gasteiger partial charge is 0.348 e. The molecule has 2 aliphatic heterocycles. The molecular formula is C18H20ClFN4O. The van der Waals surface area contributed by atoms with Gasteiger partial charge in [0.2, 0.25) is 0 Å². The van der Waals surface area contributed by atoms with Crippen LogP contribution in [0.1, 0.15) is 34.6 Å². The zero-order valence-electron chi connectivity index (χ0n) is 14.1. The molecule has 0 saturated carbocycles. The van der Waals surface area contributed by atoms with Crippen LogP contribution < -0.4 is 0 Å². The van der Waals surface area contributed by atoms with Crippen molar-refractivity contribution < 1.29 is 9.18 Å². The van der Waals surface area contributed by atoms with Gasteiger partial charge in [0.05, 0.1) is 23.1 Å². The van der Waals surface area contributed by atoms with Gasteiger partial charge in [0.15, 0.2) is 0 Å². The van der Waals surface area contributed by atoms with Crippen molar-refractivity contribution in [2.24, 2.45) is 0 Å². The average Bonchev–Trinajstić information content (AvgIpc) is 3.10. The number of halogens is 2. The number of piperidine rings is 1. The molecule has 0 atom stereocenters. The SMILES string of the molecule is CN1CCc2[nH]cnc2C12CCN(C(=O)c1cc(Cl)ccc1F)CC2. The molecule has 0 unspecified atom stereocenters. The Balaban J connectivity index is 1.56. The second-order valence-corrected chi connectivity index (χ2v) is 7.29. The van der Waals surface area contributed by atoms with Gasteiger partial charge in [0.25, 0.3) is 5.91 Å². The summed E-state index contributed by atoms with van der Waals surface area (Å²) in [7, 11) is 2.12. The molecule has 7 heteroatoms. The maximum Gasteiger partial charge on any atom is 0.256 e. The molecule has 3 heterocycles. The van der Waals surface area contributed by atoms with E-state index in [0.29, 0.717) is 18.1 Å². The van der Waals surface area contributed by atoms with Crippen molar-refractivity contribution in [1.82, 2.24) is 19.8 Å². The van der Waals surface area contributed by atoms with Crippen LogP contribution in [0.3, 0.4) is 0 Å². The number of likely N-dealkylation sites (N-methyl/N-ethyl adjacent to an activating group) is 1. The number of imidazole rings is 1.